The molecular formula is C46H66O9. The lowest BCUT2D eigenvalue weighted by molar-refractivity contribution is -0.307. The van der Waals surface area contributed by atoms with Crippen molar-refractivity contribution in [3.05, 3.63) is 47.6 Å². The van der Waals surface area contributed by atoms with Gasteiger partial charge in [-0.2, -0.15) is 0 Å². The molecule has 7 rings (SSSR count). The molecule has 9 nitrogen and oxygen atoms in total. The summed E-state index contributed by atoms with van der Waals surface area (Å²) in [6, 6.07) is 6.38. The maximum atomic E-state index is 12.6. The summed E-state index contributed by atoms with van der Waals surface area (Å²) in [5.74, 6) is 1.32. The number of rotatable bonds is 6. The minimum Gasteiger partial charge on any atom is -0.508 e. The van der Waals surface area contributed by atoms with E-state index in [0.717, 1.165) is 38.5 Å². The lowest BCUT2D eigenvalue weighted by atomic mass is 9.42. The number of aromatic hydroxyl groups is 1. The largest absolute Gasteiger partial charge is 0.508 e. The number of fused-ring (bicyclic) bond motifs is 6. The van der Waals surface area contributed by atoms with E-state index >= 15 is 0 Å². The molecule has 1 aromatic rings. The van der Waals surface area contributed by atoms with Gasteiger partial charge in [0.05, 0.1) is 12.7 Å². The van der Waals surface area contributed by atoms with Crippen LogP contribution in [0, 0.1) is 50.7 Å². The molecule has 0 spiro atoms. The Morgan fingerprint density at radius 1 is 0.782 bits per heavy atom. The lowest BCUT2D eigenvalue weighted by Crippen LogP contribution is -2.61. The Labute approximate surface area is 328 Å². The van der Waals surface area contributed by atoms with E-state index in [9.17, 15) is 24.9 Å². The zero-order valence-corrected chi connectivity index (χ0v) is 34.4. The van der Waals surface area contributed by atoms with Crippen LogP contribution in [0.3, 0.4) is 0 Å². The van der Waals surface area contributed by atoms with Gasteiger partial charge >= 0.3 is 11.9 Å². The van der Waals surface area contributed by atoms with Crippen molar-refractivity contribution < 1.29 is 43.9 Å². The van der Waals surface area contributed by atoms with Crippen LogP contribution in [0.5, 0.6) is 5.75 Å². The van der Waals surface area contributed by atoms with Crippen LogP contribution >= 0.6 is 0 Å². The Morgan fingerprint density at radius 3 is 2.16 bits per heavy atom. The number of hydrogen-bond acceptors (Lipinski definition) is 9. The van der Waals surface area contributed by atoms with Crippen LogP contribution in [0.2, 0.25) is 0 Å². The summed E-state index contributed by atoms with van der Waals surface area (Å²) >= 11 is 0. The highest BCUT2D eigenvalue weighted by Crippen LogP contribution is 2.70. The summed E-state index contributed by atoms with van der Waals surface area (Å²) in [6.07, 6.45) is 11.3. The minimum atomic E-state index is -1.37. The molecule has 5 aliphatic carbocycles. The summed E-state index contributed by atoms with van der Waals surface area (Å²) < 4.78 is 24.0. The second kappa shape index (κ2) is 14.6. The smallest absolute Gasteiger partial charge is 0.331 e. The number of aliphatic hydroxyl groups is 2. The second-order valence-corrected chi connectivity index (χ2v) is 20.2. The fourth-order valence-corrected chi connectivity index (χ4v) is 13.7. The molecule has 4 saturated carbocycles. The van der Waals surface area contributed by atoms with Gasteiger partial charge in [0.15, 0.2) is 12.4 Å². The van der Waals surface area contributed by atoms with E-state index in [1.807, 2.05) is 0 Å². The molecule has 5 fully saturated rings. The van der Waals surface area contributed by atoms with E-state index in [-0.39, 0.29) is 57.6 Å². The van der Waals surface area contributed by atoms with Gasteiger partial charge in [0.2, 0.25) is 0 Å². The van der Waals surface area contributed by atoms with Crippen LogP contribution in [0.25, 0.3) is 6.08 Å². The maximum absolute atomic E-state index is 12.6. The standard InChI is InChI=1S/C46H66O9/c1-27(47)53-36-20-23-45(7)31-15-17-35-44(6,25-29(31)12-16-33(45)42(36,2)3)22-19-34-43(4,5)37(21-24-46(34,35)8)55-41-40(51)39(50)32(26-52-41)54-38(49)18-11-28-9-13-30(48)14-10-28/h9-14,18,31-37,39-41,48,50-51H,15-17,19-26H2,1-8H3/t31-,32-,33-,34-,35-,36-,37-,39-,40+,41-,44-,45+,46-/m0/s1. The molecular weight excluding hydrogens is 696 g/mol. The highest BCUT2D eigenvalue weighted by atomic mass is 16.7. The Hall–Kier alpha value is -2.72. The van der Waals surface area contributed by atoms with Crippen LogP contribution in [0.15, 0.2) is 42.0 Å². The van der Waals surface area contributed by atoms with E-state index in [1.165, 1.54) is 43.9 Å². The van der Waals surface area contributed by atoms with Crippen molar-refractivity contribution in [2.45, 2.75) is 156 Å². The summed E-state index contributed by atoms with van der Waals surface area (Å²) in [6.45, 7) is 18.5. The molecule has 0 amide bonds. The zero-order chi connectivity index (χ0) is 39.7. The van der Waals surface area contributed by atoms with Crippen molar-refractivity contribution in [3.8, 4) is 5.75 Å². The van der Waals surface area contributed by atoms with Gasteiger partial charge in [0.25, 0.3) is 0 Å². The third-order valence-corrected chi connectivity index (χ3v) is 16.4. The first-order valence-electron chi connectivity index (χ1n) is 21.0. The number of phenols is 1. The van der Waals surface area contributed by atoms with Gasteiger partial charge in [0, 0.05) is 18.4 Å². The molecule has 0 aromatic heterocycles. The van der Waals surface area contributed by atoms with E-state index in [1.54, 1.807) is 30.7 Å². The van der Waals surface area contributed by atoms with Gasteiger partial charge in [-0.25, -0.2) is 4.79 Å². The van der Waals surface area contributed by atoms with Crippen molar-refractivity contribution in [2.75, 3.05) is 6.61 Å². The Kier molecular flexibility index (Phi) is 10.7. The third kappa shape index (κ3) is 7.12. The number of carbonyl (C=O) groups is 2. The van der Waals surface area contributed by atoms with Gasteiger partial charge in [0.1, 0.15) is 24.1 Å². The highest BCUT2D eigenvalue weighted by molar-refractivity contribution is 5.87. The average Bonchev–Trinajstić information content (AvgIpc) is 3.27. The summed E-state index contributed by atoms with van der Waals surface area (Å²) in [5, 5.41) is 31.7. The Morgan fingerprint density at radius 2 is 1.45 bits per heavy atom. The number of allylic oxidation sites excluding steroid dienone is 2. The average molecular weight is 763 g/mol. The minimum absolute atomic E-state index is 0.0312. The molecule has 9 heteroatoms. The van der Waals surface area contributed by atoms with Crippen LogP contribution in [-0.2, 0) is 28.5 Å². The number of hydrogen-bond donors (Lipinski definition) is 3. The molecule has 1 saturated heterocycles. The van der Waals surface area contributed by atoms with E-state index in [4.69, 9.17) is 18.9 Å². The van der Waals surface area contributed by atoms with Crippen molar-refractivity contribution in [2.24, 2.45) is 50.7 Å². The molecule has 1 heterocycles. The molecule has 0 unspecified atom stereocenters. The fraction of sp³-hybridized carbons (Fsp3) is 0.739. The van der Waals surface area contributed by atoms with E-state index in [2.05, 4.69) is 54.5 Å². The van der Waals surface area contributed by atoms with Gasteiger partial charge < -0.3 is 34.3 Å². The number of ether oxygens (including phenoxy) is 4. The number of esters is 2. The van der Waals surface area contributed by atoms with Crippen molar-refractivity contribution in [1.29, 1.82) is 0 Å². The predicted molar refractivity (Wildman–Crippen MR) is 209 cm³/mol. The van der Waals surface area contributed by atoms with Crippen molar-refractivity contribution in [1.82, 2.24) is 0 Å². The van der Waals surface area contributed by atoms with Gasteiger partial charge in [-0.1, -0.05) is 72.2 Å². The molecule has 6 aliphatic rings. The zero-order valence-electron chi connectivity index (χ0n) is 34.4. The van der Waals surface area contributed by atoms with Crippen molar-refractivity contribution in [3.63, 3.8) is 0 Å². The molecule has 3 N–H and O–H groups in total. The maximum Gasteiger partial charge on any atom is 0.331 e. The Bertz CT molecular complexity index is 1660. The number of aliphatic hydroxyl groups excluding tert-OH is 2. The van der Waals surface area contributed by atoms with Gasteiger partial charge in [-0.05, 0) is 133 Å². The quantitative estimate of drug-likeness (QED) is 0.114. The molecule has 304 valence electrons. The molecule has 0 bridgehead atoms. The number of phenolic OH excluding ortho intramolecular Hbond substituents is 1. The van der Waals surface area contributed by atoms with Gasteiger partial charge in [-0.3, -0.25) is 4.79 Å². The first-order chi connectivity index (χ1) is 25.8. The molecule has 13 atom stereocenters. The van der Waals surface area contributed by atoms with Crippen molar-refractivity contribution >= 4 is 18.0 Å². The summed E-state index contributed by atoms with van der Waals surface area (Å²) in [7, 11) is 0. The lowest BCUT2D eigenvalue weighted by Gasteiger charge is -2.64. The number of carbonyl (C=O) groups excluding carboxylic acids is 2. The van der Waals surface area contributed by atoms with E-state index < -0.39 is 30.6 Å². The third-order valence-electron chi connectivity index (χ3n) is 16.4. The first-order valence-corrected chi connectivity index (χ1v) is 21.0. The predicted octanol–water partition coefficient (Wildman–Crippen LogP) is 8.14. The SMILES string of the molecule is CC(=O)O[C@H]1CC[C@]2(C)[C@H]3CC[C@H]4[C@@](C)(CC[C@H]5C(C)(C)[C@@H](O[C@@H]6OC[C@H](OC(=O)C=Cc7ccc(O)cc7)[C@H](O)[C@H]6O)CC[C@@]54C)CC3=CC[C@H]2C1(C)C. The molecule has 1 aromatic carbocycles. The molecule has 1 aliphatic heterocycles. The van der Waals surface area contributed by atoms with Crippen LogP contribution in [0.4, 0.5) is 0 Å². The summed E-state index contributed by atoms with van der Waals surface area (Å²) in [5.41, 5.74) is 2.67. The van der Waals surface area contributed by atoms with Gasteiger partial charge in [-0.15, -0.1) is 0 Å². The second-order valence-electron chi connectivity index (χ2n) is 20.2. The molecule has 55 heavy (non-hydrogen) atoms. The summed E-state index contributed by atoms with van der Waals surface area (Å²) in [4.78, 5) is 24.6. The molecule has 0 radical (unpaired) electrons. The number of benzene rings is 1. The topological polar surface area (TPSA) is 132 Å². The Balaban J connectivity index is 1.01. The van der Waals surface area contributed by atoms with Crippen LogP contribution < -0.4 is 0 Å². The van der Waals surface area contributed by atoms with Crippen LogP contribution in [-0.4, -0.2) is 70.7 Å². The fourth-order valence-electron chi connectivity index (χ4n) is 13.7. The first kappa shape index (κ1) is 40.5. The van der Waals surface area contributed by atoms with E-state index in [0.29, 0.717) is 29.2 Å². The normalized spacial score (nSPS) is 43.4. The van der Waals surface area contributed by atoms with Crippen LogP contribution in [0.1, 0.15) is 125 Å². The highest BCUT2D eigenvalue weighted by Gasteiger charge is 2.64. The monoisotopic (exact) mass is 762 g/mol.